The second kappa shape index (κ2) is 9.43. The molecule has 2 aliphatic heterocycles. The van der Waals surface area contributed by atoms with E-state index in [-0.39, 0.29) is 24.5 Å². The number of hydrogen-bond acceptors (Lipinski definition) is 5. The van der Waals surface area contributed by atoms with E-state index in [0.29, 0.717) is 45.6 Å². The van der Waals surface area contributed by atoms with Crippen LogP contribution in [0.4, 0.5) is 10.5 Å². The zero-order valence-electron chi connectivity index (χ0n) is 20.5. The van der Waals surface area contributed by atoms with E-state index in [1.807, 2.05) is 50.2 Å². The van der Waals surface area contributed by atoms with Crippen molar-refractivity contribution < 1.29 is 14.4 Å². The summed E-state index contributed by atoms with van der Waals surface area (Å²) in [5, 5.41) is 6.03. The summed E-state index contributed by atoms with van der Waals surface area (Å²) in [5.74, 6) is -0.145. The maximum atomic E-state index is 13.4. The van der Waals surface area contributed by atoms with Crippen molar-refractivity contribution in [1.82, 2.24) is 20.0 Å². The molecule has 0 bridgehead atoms. The Morgan fingerprint density at radius 2 is 1.69 bits per heavy atom. The molecule has 2 aromatic rings. The van der Waals surface area contributed by atoms with Crippen molar-refractivity contribution in [3.8, 4) is 0 Å². The number of anilines is 1. The fourth-order valence-corrected chi connectivity index (χ4v) is 5.40. The third kappa shape index (κ3) is 4.68. The highest BCUT2D eigenvalue weighted by atomic mass is 16.2. The average molecular weight is 476 g/mol. The number of urea groups is 1. The Morgan fingerprint density at radius 1 is 0.971 bits per heavy atom. The van der Waals surface area contributed by atoms with Gasteiger partial charge in [-0.05, 0) is 55.0 Å². The van der Waals surface area contributed by atoms with Crippen LogP contribution in [0, 0.1) is 13.8 Å². The zero-order chi connectivity index (χ0) is 24.6. The highest BCUT2D eigenvalue weighted by Crippen LogP contribution is 2.33. The summed E-state index contributed by atoms with van der Waals surface area (Å²) in [6.45, 7) is 7.47. The van der Waals surface area contributed by atoms with Crippen LogP contribution in [-0.2, 0) is 22.4 Å². The molecule has 0 saturated carbocycles. The Bertz CT molecular complexity index is 1160. The lowest BCUT2D eigenvalue weighted by molar-refractivity contribution is -0.133. The minimum atomic E-state index is -0.820. The highest BCUT2D eigenvalue weighted by molar-refractivity contribution is 6.07. The first-order chi connectivity index (χ1) is 16.8. The van der Waals surface area contributed by atoms with Gasteiger partial charge in [0.05, 0.1) is 13.2 Å². The molecule has 2 fully saturated rings. The van der Waals surface area contributed by atoms with Crippen molar-refractivity contribution in [2.24, 2.45) is 0 Å². The van der Waals surface area contributed by atoms with Gasteiger partial charge in [0.2, 0.25) is 5.91 Å². The fraction of sp³-hybridized carbons (Fsp3) is 0.444. The second-order valence-electron chi connectivity index (χ2n) is 10.0. The zero-order valence-corrected chi connectivity index (χ0v) is 20.5. The SMILES string of the molecule is Cc1cccc(NC(=O)CN2CCN(CN3C(=O)NC4(CCc5ccccc5C4)C3=O)CC2)c1C. The molecule has 1 aliphatic carbocycles. The number of rotatable bonds is 5. The summed E-state index contributed by atoms with van der Waals surface area (Å²) >= 11 is 0. The lowest BCUT2D eigenvalue weighted by atomic mass is 9.78. The molecule has 0 radical (unpaired) electrons. The van der Waals surface area contributed by atoms with Crippen LogP contribution in [0.25, 0.3) is 0 Å². The van der Waals surface area contributed by atoms with Crippen molar-refractivity contribution in [1.29, 1.82) is 0 Å². The van der Waals surface area contributed by atoms with Crippen LogP contribution >= 0.6 is 0 Å². The van der Waals surface area contributed by atoms with Crippen LogP contribution in [0.3, 0.4) is 0 Å². The van der Waals surface area contributed by atoms with Crippen molar-refractivity contribution >= 4 is 23.5 Å². The third-order valence-corrected chi connectivity index (χ3v) is 7.73. The Morgan fingerprint density at radius 3 is 2.46 bits per heavy atom. The topological polar surface area (TPSA) is 85.0 Å². The fourth-order valence-electron chi connectivity index (χ4n) is 5.40. The van der Waals surface area contributed by atoms with Gasteiger partial charge in [0, 0.05) is 38.3 Å². The molecule has 5 rings (SSSR count). The van der Waals surface area contributed by atoms with E-state index in [9.17, 15) is 14.4 Å². The van der Waals surface area contributed by atoms with Crippen LogP contribution in [-0.4, -0.2) is 77.5 Å². The molecule has 8 nitrogen and oxygen atoms in total. The molecule has 8 heteroatoms. The van der Waals surface area contributed by atoms with Crippen LogP contribution < -0.4 is 10.6 Å². The largest absolute Gasteiger partial charge is 0.326 e. The molecule has 2 heterocycles. The van der Waals surface area contributed by atoms with Gasteiger partial charge in [-0.1, -0.05) is 36.4 Å². The van der Waals surface area contributed by atoms with Crippen molar-refractivity contribution in [2.75, 3.05) is 44.7 Å². The lowest BCUT2D eigenvalue weighted by Crippen LogP contribution is -2.54. The number of fused-ring (bicyclic) bond motifs is 1. The first-order valence-electron chi connectivity index (χ1n) is 12.4. The number of nitrogens with zero attached hydrogens (tertiary/aromatic N) is 3. The monoisotopic (exact) mass is 475 g/mol. The second-order valence-corrected chi connectivity index (χ2v) is 10.0. The van der Waals surface area contributed by atoms with Crippen LogP contribution in [0.5, 0.6) is 0 Å². The number of nitrogens with one attached hydrogen (secondary N) is 2. The highest BCUT2D eigenvalue weighted by Gasteiger charge is 2.52. The number of carbonyl (C=O) groups is 3. The summed E-state index contributed by atoms with van der Waals surface area (Å²) in [6.07, 6.45) is 1.97. The molecule has 184 valence electrons. The minimum absolute atomic E-state index is 0.0271. The van der Waals surface area contributed by atoms with E-state index in [0.717, 1.165) is 28.8 Å². The van der Waals surface area contributed by atoms with E-state index < -0.39 is 5.54 Å². The summed E-state index contributed by atoms with van der Waals surface area (Å²) < 4.78 is 0. The smallest absolute Gasteiger partial charge is 0.325 e. The third-order valence-electron chi connectivity index (χ3n) is 7.73. The standard InChI is InChI=1S/C27H33N5O3/c1-19-6-5-9-23(20(19)2)28-24(33)17-30-12-14-31(15-13-30)18-32-25(34)27(29-26(32)35)11-10-21-7-3-4-8-22(21)16-27/h3-9H,10-18H2,1-2H3,(H,28,33)(H,29,35). The molecule has 1 spiro atoms. The van der Waals surface area contributed by atoms with Crippen LogP contribution in [0.15, 0.2) is 42.5 Å². The van der Waals surface area contributed by atoms with E-state index in [1.54, 1.807) is 0 Å². The molecule has 2 aromatic carbocycles. The number of aryl methyl sites for hydroxylation is 2. The Hall–Kier alpha value is -3.23. The maximum absolute atomic E-state index is 13.4. The predicted molar refractivity (Wildman–Crippen MR) is 134 cm³/mol. The van der Waals surface area contributed by atoms with Crippen molar-refractivity contribution in [3.63, 3.8) is 0 Å². The van der Waals surface area contributed by atoms with Gasteiger partial charge in [0.1, 0.15) is 5.54 Å². The first-order valence-corrected chi connectivity index (χ1v) is 12.4. The van der Waals surface area contributed by atoms with Gasteiger partial charge in [-0.3, -0.25) is 19.4 Å². The van der Waals surface area contributed by atoms with E-state index >= 15 is 0 Å². The Kier molecular flexibility index (Phi) is 6.34. The molecule has 1 unspecified atom stereocenters. The van der Waals surface area contributed by atoms with Crippen molar-refractivity contribution in [2.45, 2.75) is 38.6 Å². The molecule has 2 N–H and O–H groups in total. The first kappa shape index (κ1) is 23.5. The summed E-state index contributed by atoms with van der Waals surface area (Å²) in [4.78, 5) is 44.3. The molecule has 2 saturated heterocycles. The Balaban J connectivity index is 1.13. The quantitative estimate of drug-likeness (QED) is 0.649. The van der Waals surface area contributed by atoms with Crippen LogP contribution in [0.1, 0.15) is 28.7 Å². The number of amides is 4. The molecule has 35 heavy (non-hydrogen) atoms. The van der Waals surface area contributed by atoms with Gasteiger partial charge in [-0.2, -0.15) is 0 Å². The molecular formula is C27H33N5O3. The molecular weight excluding hydrogens is 442 g/mol. The number of piperazine rings is 1. The normalized spacial score (nSPS) is 22.9. The maximum Gasteiger partial charge on any atom is 0.326 e. The van der Waals surface area contributed by atoms with Gasteiger partial charge in [-0.25, -0.2) is 9.69 Å². The van der Waals surface area contributed by atoms with E-state index in [1.165, 1.54) is 10.5 Å². The molecule has 1 atom stereocenters. The van der Waals surface area contributed by atoms with Gasteiger partial charge in [-0.15, -0.1) is 0 Å². The average Bonchev–Trinajstić information content (AvgIpc) is 3.07. The van der Waals surface area contributed by atoms with E-state index in [4.69, 9.17) is 0 Å². The molecule has 0 aromatic heterocycles. The lowest BCUT2D eigenvalue weighted by Gasteiger charge is -2.36. The number of hydrogen-bond donors (Lipinski definition) is 2. The molecule has 4 amide bonds. The van der Waals surface area contributed by atoms with Crippen molar-refractivity contribution in [3.05, 3.63) is 64.7 Å². The summed E-state index contributed by atoms with van der Waals surface area (Å²) in [7, 11) is 0. The number of carbonyl (C=O) groups excluding carboxylic acids is 3. The number of imide groups is 1. The van der Waals surface area contributed by atoms with Gasteiger partial charge in [0.15, 0.2) is 0 Å². The van der Waals surface area contributed by atoms with E-state index in [2.05, 4.69) is 26.5 Å². The Labute approximate surface area is 206 Å². The number of benzene rings is 2. The summed E-state index contributed by atoms with van der Waals surface area (Å²) in [5.41, 5.74) is 4.67. The summed E-state index contributed by atoms with van der Waals surface area (Å²) in [6, 6.07) is 13.8. The molecule has 3 aliphatic rings. The predicted octanol–water partition coefficient (Wildman–Crippen LogP) is 2.30. The van der Waals surface area contributed by atoms with Gasteiger partial charge in [0.25, 0.3) is 5.91 Å². The van der Waals surface area contributed by atoms with Gasteiger partial charge >= 0.3 is 6.03 Å². The van der Waals surface area contributed by atoms with Crippen LogP contribution in [0.2, 0.25) is 0 Å². The minimum Gasteiger partial charge on any atom is -0.325 e. The van der Waals surface area contributed by atoms with Gasteiger partial charge < -0.3 is 10.6 Å².